The maximum atomic E-state index is 12.2. The number of aromatic nitrogens is 4. The maximum absolute atomic E-state index is 12.2. The Morgan fingerprint density at radius 2 is 1.96 bits per heavy atom. The Balaban J connectivity index is 1.68. The second kappa shape index (κ2) is 7.75. The van der Waals surface area contributed by atoms with Gasteiger partial charge in [-0.2, -0.15) is 4.80 Å². The van der Waals surface area contributed by atoms with Gasteiger partial charge in [-0.1, -0.05) is 41.9 Å². The Morgan fingerprint density at radius 3 is 2.69 bits per heavy atom. The fraction of sp³-hybridized carbons (Fsp3) is 0.118. The number of nitrogens with zero attached hydrogens (tertiary/aromatic N) is 4. The van der Waals surface area contributed by atoms with E-state index in [-0.39, 0.29) is 23.0 Å². The average Bonchev–Trinajstić information content (AvgIpc) is 3.11. The van der Waals surface area contributed by atoms with Crippen molar-refractivity contribution >= 4 is 29.2 Å². The van der Waals surface area contributed by atoms with E-state index in [9.17, 15) is 9.59 Å². The van der Waals surface area contributed by atoms with Gasteiger partial charge < -0.3 is 10.1 Å². The van der Waals surface area contributed by atoms with Gasteiger partial charge in [-0.25, -0.2) is 4.79 Å². The van der Waals surface area contributed by atoms with Gasteiger partial charge in [0.1, 0.15) is 6.54 Å². The Bertz CT molecular complexity index is 943. The van der Waals surface area contributed by atoms with Crippen LogP contribution in [0.4, 0.5) is 5.69 Å². The third-order valence-corrected chi connectivity index (χ3v) is 3.75. The van der Waals surface area contributed by atoms with Crippen LogP contribution in [0.1, 0.15) is 10.4 Å². The summed E-state index contributed by atoms with van der Waals surface area (Å²) >= 11 is 5.95. The van der Waals surface area contributed by atoms with E-state index in [0.717, 1.165) is 5.56 Å². The first-order valence-corrected chi connectivity index (χ1v) is 7.95. The predicted octanol–water partition coefficient (Wildman–Crippen LogP) is 2.42. The van der Waals surface area contributed by atoms with E-state index in [1.165, 1.54) is 24.0 Å². The average molecular weight is 372 g/mol. The lowest BCUT2D eigenvalue weighted by Gasteiger charge is -2.07. The molecule has 0 aliphatic heterocycles. The number of rotatable bonds is 5. The minimum Gasteiger partial charge on any atom is -0.465 e. The summed E-state index contributed by atoms with van der Waals surface area (Å²) in [6.07, 6.45) is 0. The van der Waals surface area contributed by atoms with E-state index < -0.39 is 5.97 Å². The van der Waals surface area contributed by atoms with Crippen LogP contribution in [-0.2, 0) is 16.1 Å². The van der Waals surface area contributed by atoms with Crippen LogP contribution in [0.5, 0.6) is 0 Å². The number of anilines is 1. The smallest absolute Gasteiger partial charge is 0.339 e. The number of amides is 1. The lowest BCUT2D eigenvalue weighted by atomic mass is 10.2. The second-order valence-electron chi connectivity index (χ2n) is 5.24. The molecule has 0 radical (unpaired) electrons. The summed E-state index contributed by atoms with van der Waals surface area (Å²) in [6.45, 7) is -0.129. The fourth-order valence-electron chi connectivity index (χ4n) is 2.21. The molecule has 9 heteroatoms. The fourth-order valence-corrected chi connectivity index (χ4v) is 2.41. The molecule has 0 spiro atoms. The molecule has 0 unspecified atom stereocenters. The van der Waals surface area contributed by atoms with Gasteiger partial charge in [0.2, 0.25) is 11.7 Å². The van der Waals surface area contributed by atoms with Crippen molar-refractivity contribution in [3.8, 4) is 11.4 Å². The highest BCUT2D eigenvalue weighted by atomic mass is 35.5. The molecule has 132 valence electrons. The monoisotopic (exact) mass is 371 g/mol. The van der Waals surface area contributed by atoms with E-state index in [4.69, 9.17) is 11.6 Å². The molecule has 1 aromatic heterocycles. The van der Waals surface area contributed by atoms with Gasteiger partial charge in [-0.3, -0.25) is 4.79 Å². The minimum atomic E-state index is -0.587. The van der Waals surface area contributed by atoms with Crippen LogP contribution in [0.25, 0.3) is 11.4 Å². The molecule has 3 rings (SSSR count). The van der Waals surface area contributed by atoms with Gasteiger partial charge in [0, 0.05) is 11.3 Å². The lowest BCUT2D eigenvalue weighted by Crippen LogP contribution is -2.20. The van der Waals surface area contributed by atoms with E-state index in [0.29, 0.717) is 11.5 Å². The first kappa shape index (κ1) is 17.6. The zero-order chi connectivity index (χ0) is 18.5. The molecule has 3 aromatic rings. The number of esters is 1. The molecule has 26 heavy (non-hydrogen) atoms. The SMILES string of the molecule is COC(=O)c1cc(NC(=O)Cn2nnc(-c3ccccc3)n2)ccc1Cl. The number of halogens is 1. The van der Waals surface area contributed by atoms with E-state index >= 15 is 0 Å². The van der Waals surface area contributed by atoms with Gasteiger partial charge in [0.15, 0.2) is 0 Å². The summed E-state index contributed by atoms with van der Waals surface area (Å²) in [5.41, 5.74) is 1.37. The molecule has 0 fully saturated rings. The third-order valence-electron chi connectivity index (χ3n) is 3.43. The number of hydrogen-bond acceptors (Lipinski definition) is 6. The van der Waals surface area contributed by atoms with Crippen molar-refractivity contribution in [2.24, 2.45) is 0 Å². The van der Waals surface area contributed by atoms with Crippen molar-refractivity contribution in [2.75, 3.05) is 12.4 Å². The zero-order valence-electron chi connectivity index (χ0n) is 13.7. The molecule has 0 saturated heterocycles. The topological polar surface area (TPSA) is 99.0 Å². The van der Waals surface area contributed by atoms with Crippen LogP contribution >= 0.6 is 11.6 Å². The van der Waals surface area contributed by atoms with Gasteiger partial charge in [0.05, 0.1) is 17.7 Å². The number of tetrazole rings is 1. The summed E-state index contributed by atoms with van der Waals surface area (Å²) in [7, 11) is 1.25. The largest absolute Gasteiger partial charge is 0.465 e. The molecule has 0 saturated carbocycles. The molecule has 1 amide bonds. The zero-order valence-corrected chi connectivity index (χ0v) is 14.5. The molecule has 0 aliphatic carbocycles. The summed E-state index contributed by atoms with van der Waals surface area (Å²) in [6, 6.07) is 13.8. The summed E-state index contributed by atoms with van der Waals surface area (Å²) < 4.78 is 4.65. The molecule has 1 heterocycles. The Hall–Kier alpha value is -3.26. The number of hydrogen-bond donors (Lipinski definition) is 1. The molecule has 1 N–H and O–H groups in total. The summed E-state index contributed by atoms with van der Waals surface area (Å²) in [4.78, 5) is 25.0. The minimum absolute atomic E-state index is 0.129. The Labute approximate surface area is 153 Å². The highest BCUT2D eigenvalue weighted by Gasteiger charge is 2.14. The van der Waals surface area contributed by atoms with Crippen molar-refractivity contribution < 1.29 is 14.3 Å². The number of ether oxygens (including phenoxy) is 1. The van der Waals surface area contributed by atoms with Crippen LogP contribution in [0.15, 0.2) is 48.5 Å². The highest BCUT2D eigenvalue weighted by Crippen LogP contribution is 2.21. The van der Waals surface area contributed by atoms with Gasteiger partial charge >= 0.3 is 5.97 Å². The molecule has 0 aliphatic rings. The van der Waals surface area contributed by atoms with Gasteiger partial charge in [-0.15, -0.1) is 10.2 Å². The number of methoxy groups -OCH3 is 1. The second-order valence-corrected chi connectivity index (χ2v) is 5.65. The number of benzene rings is 2. The van der Waals surface area contributed by atoms with Crippen LogP contribution in [0.2, 0.25) is 5.02 Å². The number of carbonyl (C=O) groups is 2. The lowest BCUT2D eigenvalue weighted by molar-refractivity contribution is -0.117. The Kier molecular flexibility index (Phi) is 5.23. The summed E-state index contributed by atoms with van der Waals surface area (Å²) in [5.74, 6) is -0.533. The van der Waals surface area contributed by atoms with Crippen LogP contribution < -0.4 is 5.32 Å². The quantitative estimate of drug-likeness (QED) is 0.691. The van der Waals surface area contributed by atoms with Crippen LogP contribution in [0, 0.1) is 0 Å². The summed E-state index contributed by atoms with van der Waals surface area (Å²) in [5, 5.41) is 14.9. The van der Waals surface area contributed by atoms with E-state index in [2.05, 4.69) is 25.5 Å². The van der Waals surface area contributed by atoms with Crippen molar-refractivity contribution in [1.29, 1.82) is 0 Å². The van der Waals surface area contributed by atoms with E-state index in [1.807, 2.05) is 30.3 Å². The highest BCUT2D eigenvalue weighted by molar-refractivity contribution is 6.33. The van der Waals surface area contributed by atoms with Gasteiger partial charge in [-0.05, 0) is 23.4 Å². The molecule has 8 nitrogen and oxygen atoms in total. The third kappa shape index (κ3) is 4.04. The molecule has 2 aromatic carbocycles. The van der Waals surface area contributed by atoms with Crippen molar-refractivity contribution in [1.82, 2.24) is 20.2 Å². The first-order valence-electron chi connectivity index (χ1n) is 7.58. The van der Waals surface area contributed by atoms with Crippen molar-refractivity contribution in [2.45, 2.75) is 6.54 Å². The van der Waals surface area contributed by atoms with Gasteiger partial charge in [0.25, 0.3) is 0 Å². The number of nitrogens with one attached hydrogen (secondary N) is 1. The van der Waals surface area contributed by atoms with Crippen molar-refractivity contribution in [3.63, 3.8) is 0 Å². The molecule has 0 bridgehead atoms. The standard InChI is InChI=1S/C17H14ClN5O3/c1-26-17(25)13-9-12(7-8-14(13)18)19-15(24)10-23-21-16(20-22-23)11-5-3-2-4-6-11/h2-9H,10H2,1H3,(H,19,24). The van der Waals surface area contributed by atoms with E-state index in [1.54, 1.807) is 6.07 Å². The normalized spacial score (nSPS) is 10.4. The maximum Gasteiger partial charge on any atom is 0.339 e. The van der Waals surface area contributed by atoms with Crippen molar-refractivity contribution in [3.05, 3.63) is 59.1 Å². The molecular formula is C17H14ClN5O3. The van der Waals surface area contributed by atoms with Crippen LogP contribution in [0.3, 0.4) is 0 Å². The molecule has 0 atom stereocenters. The first-order chi connectivity index (χ1) is 12.6. The number of carbonyl (C=O) groups excluding carboxylic acids is 2. The Morgan fingerprint density at radius 1 is 1.19 bits per heavy atom. The molecular weight excluding hydrogens is 358 g/mol. The van der Waals surface area contributed by atoms with Crippen LogP contribution in [-0.4, -0.2) is 39.2 Å². The predicted molar refractivity (Wildman–Crippen MR) is 94.7 cm³/mol.